The van der Waals surface area contributed by atoms with Gasteiger partial charge in [-0.05, 0) is 41.3 Å². The van der Waals surface area contributed by atoms with Crippen LogP contribution in [0.2, 0.25) is 0 Å². The summed E-state index contributed by atoms with van der Waals surface area (Å²) in [6.07, 6.45) is 3.39. The molecule has 0 spiro atoms. The number of thioether (sulfide) groups is 1. The molecule has 5 heteroatoms. The third-order valence-electron chi connectivity index (χ3n) is 4.66. The second-order valence-corrected chi connectivity index (χ2v) is 7.89. The number of benzene rings is 2. The van der Waals surface area contributed by atoms with E-state index in [-0.39, 0.29) is 5.56 Å². The molecule has 2 heterocycles. The molecule has 4 rings (SSSR count). The zero-order valence-corrected chi connectivity index (χ0v) is 16.7. The molecule has 28 heavy (non-hydrogen) atoms. The van der Waals surface area contributed by atoms with E-state index >= 15 is 0 Å². The monoisotopic (exact) mass is 387 g/mol. The van der Waals surface area contributed by atoms with Crippen LogP contribution in [-0.4, -0.2) is 14.5 Å². The van der Waals surface area contributed by atoms with Gasteiger partial charge in [-0.3, -0.25) is 14.3 Å². The molecule has 2 aromatic heterocycles. The minimum absolute atomic E-state index is 0.0729. The van der Waals surface area contributed by atoms with Gasteiger partial charge in [-0.1, -0.05) is 62.0 Å². The first kappa shape index (κ1) is 18.4. The van der Waals surface area contributed by atoms with Crippen LogP contribution in [0.4, 0.5) is 0 Å². The summed E-state index contributed by atoms with van der Waals surface area (Å²) in [6, 6.07) is 19.8. The summed E-state index contributed by atoms with van der Waals surface area (Å²) >= 11 is 1.56. The number of nitrogens with zero attached hydrogens (tertiary/aromatic N) is 3. The van der Waals surface area contributed by atoms with Crippen LogP contribution in [0.15, 0.2) is 83.0 Å². The van der Waals surface area contributed by atoms with Crippen molar-refractivity contribution in [2.24, 2.45) is 0 Å². The minimum atomic E-state index is -0.0729. The highest BCUT2D eigenvalue weighted by Gasteiger charge is 2.13. The largest absolute Gasteiger partial charge is 0.268 e. The highest BCUT2D eigenvalue weighted by atomic mass is 32.2. The minimum Gasteiger partial charge on any atom is -0.268 e. The summed E-state index contributed by atoms with van der Waals surface area (Å²) in [6.45, 7) is 4.38. The molecular formula is C23H21N3OS. The van der Waals surface area contributed by atoms with Gasteiger partial charge < -0.3 is 0 Å². The molecule has 0 amide bonds. The van der Waals surface area contributed by atoms with E-state index in [1.54, 1.807) is 28.7 Å². The van der Waals surface area contributed by atoms with E-state index in [1.165, 1.54) is 11.1 Å². The zero-order valence-electron chi connectivity index (χ0n) is 15.9. The molecule has 0 unspecified atom stereocenters. The predicted octanol–water partition coefficient (Wildman–Crippen LogP) is 5.20. The van der Waals surface area contributed by atoms with Gasteiger partial charge in [0.15, 0.2) is 5.16 Å². The average Bonchev–Trinajstić information content (AvgIpc) is 2.73. The molecule has 4 nitrogen and oxygen atoms in total. The van der Waals surface area contributed by atoms with Crippen molar-refractivity contribution in [2.45, 2.75) is 30.7 Å². The van der Waals surface area contributed by atoms with E-state index in [9.17, 15) is 4.79 Å². The van der Waals surface area contributed by atoms with Crippen molar-refractivity contribution >= 4 is 22.7 Å². The Morgan fingerprint density at radius 1 is 1.00 bits per heavy atom. The molecule has 0 aliphatic rings. The molecule has 0 aliphatic heterocycles. The van der Waals surface area contributed by atoms with Crippen molar-refractivity contribution in [3.05, 3.63) is 94.5 Å². The maximum Gasteiger partial charge on any atom is 0.266 e. The van der Waals surface area contributed by atoms with E-state index in [0.717, 1.165) is 11.4 Å². The van der Waals surface area contributed by atoms with Gasteiger partial charge >= 0.3 is 0 Å². The molecule has 0 saturated heterocycles. The SMILES string of the molecule is CC(C)c1ccc(CSc2nc3ccccc3c(=O)n2-c2cccnc2)cc1. The Hall–Kier alpha value is -2.92. The molecule has 0 radical (unpaired) electrons. The summed E-state index contributed by atoms with van der Waals surface area (Å²) in [5.41, 5.74) is 3.89. The van der Waals surface area contributed by atoms with Crippen LogP contribution in [0.1, 0.15) is 30.9 Å². The van der Waals surface area contributed by atoms with Gasteiger partial charge in [0, 0.05) is 11.9 Å². The highest BCUT2D eigenvalue weighted by molar-refractivity contribution is 7.98. The van der Waals surface area contributed by atoms with Gasteiger partial charge in [-0.25, -0.2) is 4.98 Å². The van der Waals surface area contributed by atoms with Crippen molar-refractivity contribution in [1.29, 1.82) is 0 Å². The number of para-hydroxylation sites is 1. The molecular weight excluding hydrogens is 366 g/mol. The maximum absolute atomic E-state index is 13.2. The fraction of sp³-hybridized carbons (Fsp3) is 0.174. The number of hydrogen-bond acceptors (Lipinski definition) is 4. The Labute approximate surface area is 168 Å². The van der Waals surface area contributed by atoms with Gasteiger partial charge in [0.2, 0.25) is 0 Å². The maximum atomic E-state index is 13.2. The van der Waals surface area contributed by atoms with Crippen LogP contribution in [-0.2, 0) is 5.75 Å². The number of pyridine rings is 1. The van der Waals surface area contributed by atoms with Crippen LogP contribution < -0.4 is 5.56 Å². The topological polar surface area (TPSA) is 47.8 Å². The molecule has 0 saturated carbocycles. The Bertz CT molecular complexity index is 1150. The van der Waals surface area contributed by atoms with E-state index in [1.807, 2.05) is 36.4 Å². The van der Waals surface area contributed by atoms with Crippen molar-refractivity contribution in [3.8, 4) is 5.69 Å². The molecule has 0 N–H and O–H groups in total. The third kappa shape index (κ3) is 3.71. The fourth-order valence-corrected chi connectivity index (χ4v) is 4.04. The van der Waals surface area contributed by atoms with Crippen molar-refractivity contribution in [1.82, 2.24) is 14.5 Å². The van der Waals surface area contributed by atoms with Crippen LogP contribution >= 0.6 is 11.8 Å². The second kappa shape index (κ2) is 7.98. The van der Waals surface area contributed by atoms with Gasteiger partial charge in [0.1, 0.15) is 0 Å². The van der Waals surface area contributed by atoms with Crippen molar-refractivity contribution in [3.63, 3.8) is 0 Å². The van der Waals surface area contributed by atoms with Crippen LogP contribution in [0.25, 0.3) is 16.6 Å². The Morgan fingerprint density at radius 3 is 2.50 bits per heavy atom. The normalized spacial score (nSPS) is 11.2. The Kier molecular flexibility index (Phi) is 5.26. The van der Waals surface area contributed by atoms with E-state index in [2.05, 4.69) is 43.1 Å². The van der Waals surface area contributed by atoms with Crippen LogP contribution in [0, 0.1) is 0 Å². The van der Waals surface area contributed by atoms with E-state index < -0.39 is 0 Å². The quantitative estimate of drug-likeness (QED) is 0.349. The van der Waals surface area contributed by atoms with E-state index in [0.29, 0.717) is 22.0 Å². The van der Waals surface area contributed by atoms with Gasteiger partial charge in [-0.15, -0.1) is 0 Å². The first-order chi connectivity index (χ1) is 13.6. The number of rotatable bonds is 5. The predicted molar refractivity (Wildman–Crippen MR) is 115 cm³/mol. The molecule has 4 aromatic rings. The lowest BCUT2D eigenvalue weighted by molar-refractivity contribution is 0.815. The lowest BCUT2D eigenvalue weighted by atomic mass is 10.0. The summed E-state index contributed by atoms with van der Waals surface area (Å²) in [4.78, 5) is 22.1. The fourth-order valence-electron chi connectivity index (χ4n) is 3.07. The number of fused-ring (bicyclic) bond motifs is 1. The van der Waals surface area contributed by atoms with Gasteiger partial charge in [0.05, 0.1) is 22.8 Å². The highest BCUT2D eigenvalue weighted by Crippen LogP contribution is 2.25. The molecule has 0 aliphatic carbocycles. The number of aromatic nitrogens is 3. The zero-order chi connectivity index (χ0) is 19.5. The van der Waals surface area contributed by atoms with Crippen LogP contribution in [0.3, 0.4) is 0 Å². The first-order valence-electron chi connectivity index (χ1n) is 9.27. The summed E-state index contributed by atoms with van der Waals surface area (Å²) in [5, 5.41) is 1.28. The molecule has 140 valence electrons. The molecule has 0 atom stereocenters. The summed E-state index contributed by atoms with van der Waals surface area (Å²) in [7, 11) is 0. The first-order valence-corrected chi connectivity index (χ1v) is 10.3. The Morgan fingerprint density at radius 2 is 1.79 bits per heavy atom. The van der Waals surface area contributed by atoms with Gasteiger partial charge in [0.25, 0.3) is 5.56 Å². The summed E-state index contributed by atoms with van der Waals surface area (Å²) in [5.74, 6) is 1.25. The van der Waals surface area contributed by atoms with Crippen LogP contribution in [0.5, 0.6) is 0 Å². The van der Waals surface area contributed by atoms with E-state index in [4.69, 9.17) is 4.98 Å². The molecule has 0 bridgehead atoms. The standard InChI is InChI=1S/C23H21N3OS/c1-16(2)18-11-9-17(10-12-18)15-28-23-25-21-8-4-3-7-20(21)22(27)26(23)19-6-5-13-24-14-19/h3-14,16H,15H2,1-2H3. The van der Waals surface area contributed by atoms with Crippen molar-refractivity contribution in [2.75, 3.05) is 0 Å². The number of hydrogen-bond donors (Lipinski definition) is 0. The Balaban J connectivity index is 1.74. The molecule has 2 aromatic carbocycles. The average molecular weight is 388 g/mol. The third-order valence-corrected chi connectivity index (χ3v) is 5.67. The smallest absolute Gasteiger partial charge is 0.266 e. The van der Waals surface area contributed by atoms with Crippen molar-refractivity contribution < 1.29 is 0 Å². The molecule has 0 fully saturated rings. The second-order valence-electron chi connectivity index (χ2n) is 6.95. The lowest BCUT2D eigenvalue weighted by Gasteiger charge is -2.13. The van der Waals surface area contributed by atoms with Gasteiger partial charge in [-0.2, -0.15) is 0 Å². The lowest BCUT2D eigenvalue weighted by Crippen LogP contribution is -2.21. The summed E-state index contributed by atoms with van der Waals surface area (Å²) < 4.78 is 1.66.